The van der Waals surface area contributed by atoms with Crippen LogP contribution in [-0.4, -0.2) is 57.6 Å². The number of sulfonamides is 1. The van der Waals surface area contributed by atoms with Gasteiger partial charge in [-0.2, -0.15) is 0 Å². The van der Waals surface area contributed by atoms with Crippen molar-refractivity contribution < 1.29 is 22.7 Å². The van der Waals surface area contributed by atoms with Crippen molar-refractivity contribution >= 4 is 27.5 Å². The molecule has 0 aliphatic rings. The van der Waals surface area contributed by atoms with Crippen LogP contribution in [0.15, 0.2) is 48.5 Å². The predicted octanol–water partition coefficient (Wildman–Crippen LogP) is 2.71. The lowest BCUT2D eigenvalue weighted by Gasteiger charge is -2.33. The quantitative estimate of drug-likeness (QED) is 0.539. The maximum absolute atomic E-state index is 13.6. The first-order valence-electron chi connectivity index (χ1n) is 10.9. The molecule has 8 nitrogen and oxygen atoms in total. The van der Waals surface area contributed by atoms with E-state index >= 15 is 0 Å². The first kappa shape index (κ1) is 26.2. The van der Waals surface area contributed by atoms with E-state index in [1.165, 1.54) is 12.0 Å². The molecule has 9 heteroatoms. The van der Waals surface area contributed by atoms with E-state index in [2.05, 4.69) is 5.32 Å². The molecule has 1 N–H and O–H groups in total. The van der Waals surface area contributed by atoms with Crippen LogP contribution in [0, 0.1) is 6.92 Å². The summed E-state index contributed by atoms with van der Waals surface area (Å²) >= 11 is 0. The highest BCUT2D eigenvalue weighted by molar-refractivity contribution is 7.92. The Morgan fingerprint density at radius 1 is 1.06 bits per heavy atom. The van der Waals surface area contributed by atoms with Gasteiger partial charge in [0, 0.05) is 13.1 Å². The second-order valence-electron chi connectivity index (χ2n) is 7.71. The van der Waals surface area contributed by atoms with Gasteiger partial charge in [-0.1, -0.05) is 43.3 Å². The maximum atomic E-state index is 13.6. The van der Waals surface area contributed by atoms with E-state index in [9.17, 15) is 18.0 Å². The molecule has 0 heterocycles. The molecule has 33 heavy (non-hydrogen) atoms. The summed E-state index contributed by atoms with van der Waals surface area (Å²) < 4.78 is 31.7. The number of methoxy groups -OCH3 is 1. The molecule has 0 saturated carbocycles. The Bertz CT molecular complexity index is 1070. The van der Waals surface area contributed by atoms with E-state index in [4.69, 9.17) is 4.74 Å². The third-order valence-electron chi connectivity index (χ3n) is 5.37. The van der Waals surface area contributed by atoms with Crippen LogP contribution >= 0.6 is 0 Å². The molecule has 0 aliphatic heterocycles. The van der Waals surface area contributed by atoms with Crippen molar-refractivity contribution in [3.05, 3.63) is 59.7 Å². The lowest BCUT2D eigenvalue weighted by Crippen LogP contribution is -2.52. The van der Waals surface area contributed by atoms with Gasteiger partial charge in [-0.15, -0.1) is 0 Å². The molecular formula is C24H33N3O5S. The van der Waals surface area contributed by atoms with Gasteiger partial charge in [0.2, 0.25) is 21.8 Å². The molecule has 2 rings (SSSR count). The number of para-hydroxylation sites is 2. The first-order valence-corrected chi connectivity index (χ1v) is 12.7. The fourth-order valence-electron chi connectivity index (χ4n) is 3.61. The van der Waals surface area contributed by atoms with Crippen LogP contribution in [0.4, 0.5) is 5.69 Å². The van der Waals surface area contributed by atoms with Crippen LogP contribution in [0.2, 0.25) is 0 Å². The number of ether oxygens (including phenoxy) is 1. The molecule has 0 radical (unpaired) electrons. The molecule has 180 valence electrons. The van der Waals surface area contributed by atoms with Crippen LogP contribution in [-0.2, 0) is 26.2 Å². The zero-order valence-corrected chi connectivity index (χ0v) is 20.7. The van der Waals surface area contributed by atoms with Crippen molar-refractivity contribution in [3.8, 4) is 5.75 Å². The summed E-state index contributed by atoms with van der Waals surface area (Å²) in [5, 5.41) is 2.78. The number of aryl methyl sites for hydroxylation is 1. The van der Waals surface area contributed by atoms with E-state index < -0.39 is 28.5 Å². The molecule has 2 aromatic rings. The Hall–Kier alpha value is -3.07. The first-order chi connectivity index (χ1) is 15.6. The molecule has 0 bridgehead atoms. The van der Waals surface area contributed by atoms with Gasteiger partial charge >= 0.3 is 0 Å². The highest BCUT2D eigenvalue weighted by Crippen LogP contribution is 2.29. The standard InChI is InChI=1S/C24H33N3O5S/c1-6-20(24(29)25-7-2)26(16-19-13-9-8-12-18(19)3)23(28)17-27(33(5,30)31)21-14-10-11-15-22(21)32-4/h8-15,20H,6-7,16-17H2,1-5H3,(H,25,29). The van der Waals surface area contributed by atoms with Crippen LogP contribution in [0.5, 0.6) is 5.75 Å². The van der Waals surface area contributed by atoms with Crippen LogP contribution < -0.4 is 14.4 Å². The summed E-state index contributed by atoms with van der Waals surface area (Å²) in [5.74, 6) is -0.422. The molecule has 0 saturated heterocycles. The number of benzene rings is 2. The molecule has 0 aliphatic carbocycles. The van der Waals surface area contributed by atoms with Gasteiger partial charge in [-0.05, 0) is 43.5 Å². The minimum atomic E-state index is -3.82. The number of hydrogen-bond donors (Lipinski definition) is 1. The van der Waals surface area contributed by atoms with Gasteiger partial charge in [-0.3, -0.25) is 13.9 Å². The number of nitrogens with zero attached hydrogens (tertiary/aromatic N) is 2. The summed E-state index contributed by atoms with van der Waals surface area (Å²) in [5.41, 5.74) is 2.13. The zero-order valence-electron chi connectivity index (χ0n) is 19.9. The fourth-order valence-corrected chi connectivity index (χ4v) is 4.47. The van der Waals surface area contributed by atoms with Gasteiger partial charge in [0.25, 0.3) is 0 Å². The fraction of sp³-hybridized carbons (Fsp3) is 0.417. The highest BCUT2D eigenvalue weighted by Gasteiger charge is 2.32. The van der Waals surface area contributed by atoms with Crippen molar-refractivity contribution in [1.29, 1.82) is 0 Å². The summed E-state index contributed by atoms with van der Waals surface area (Å²) in [6, 6.07) is 13.5. The van der Waals surface area contributed by atoms with Gasteiger partial charge in [0.05, 0.1) is 19.1 Å². The summed E-state index contributed by atoms with van der Waals surface area (Å²) in [4.78, 5) is 27.8. The van der Waals surface area contributed by atoms with Crippen molar-refractivity contribution in [2.45, 2.75) is 39.8 Å². The van der Waals surface area contributed by atoms with Crippen LogP contribution in [0.1, 0.15) is 31.4 Å². The van der Waals surface area contributed by atoms with Gasteiger partial charge in [0.1, 0.15) is 18.3 Å². The number of carbonyl (C=O) groups is 2. The number of anilines is 1. The van der Waals surface area contributed by atoms with Gasteiger partial charge in [0.15, 0.2) is 0 Å². The summed E-state index contributed by atoms with van der Waals surface area (Å²) in [6.07, 6.45) is 1.43. The highest BCUT2D eigenvalue weighted by atomic mass is 32.2. The number of hydrogen-bond acceptors (Lipinski definition) is 5. The number of carbonyl (C=O) groups excluding carboxylic acids is 2. The van der Waals surface area contributed by atoms with Crippen LogP contribution in [0.3, 0.4) is 0 Å². The van der Waals surface area contributed by atoms with Crippen molar-refractivity contribution in [1.82, 2.24) is 10.2 Å². The zero-order chi connectivity index (χ0) is 24.6. The summed E-state index contributed by atoms with van der Waals surface area (Å²) in [7, 11) is -2.38. The van der Waals surface area contributed by atoms with E-state index in [0.717, 1.165) is 21.7 Å². The Morgan fingerprint density at radius 2 is 1.70 bits per heavy atom. The lowest BCUT2D eigenvalue weighted by molar-refractivity contribution is -0.140. The average molecular weight is 476 g/mol. The lowest BCUT2D eigenvalue weighted by atomic mass is 10.1. The minimum absolute atomic E-state index is 0.185. The van der Waals surface area contributed by atoms with E-state index in [1.807, 2.05) is 45.0 Å². The maximum Gasteiger partial charge on any atom is 0.244 e. The van der Waals surface area contributed by atoms with Gasteiger partial charge < -0.3 is 15.0 Å². The molecule has 1 unspecified atom stereocenters. The van der Waals surface area contributed by atoms with Crippen molar-refractivity contribution in [3.63, 3.8) is 0 Å². The Kier molecular flexibility index (Phi) is 9.28. The second kappa shape index (κ2) is 11.7. The Balaban J connectivity index is 2.48. The smallest absolute Gasteiger partial charge is 0.244 e. The minimum Gasteiger partial charge on any atom is -0.495 e. The van der Waals surface area contributed by atoms with Gasteiger partial charge in [-0.25, -0.2) is 8.42 Å². The predicted molar refractivity (Wildman–Crippen MR) is 130 cm³/mol. The molecule has 0 spiro atoms. The number of likely N-dealkylation sites (N-methyl/N-ethyl adjacent to an activating group) is 1. The number of amides is 2. The molecule has 2 amide bonds. The second-order valence-corrected chi connectivity index (χ2v) is 9.62. The molecule has 0 fully saturated rings. The molecule has 2 aromatic carbocycles. The number of nitrogens with one attached hydrogen (secondary N) is 1. The largest absolute Gasteiger partial charge is 0.495 e. The SMILES string of the molecule is CCNC(=O)C(CC)N(Cc1ccccc1C)C(=O)CN(c1ccccc1OC)S(C)(=O)=O. The Morgan fingerprint density at radius 3 is 2.27 bits per heavy atom. The molecule has 1 atom stereocenters. The Labute approximate surface area is 196 Å². The van der Waals surface area contributed by atoms with Crippen molar-refractivity contribution in [2.24, 2.45) is 0 Å². The monoisotopic (exact) mass is 475 g/mol. The third-order valence-corrected chi connectivity index (χ3v) is 6.50. The van der Waals surface area contributed by atoms with E-state index in [1.54, 1.807) is 24.3 Å². The number of rotatable bonds is 11. The van der Waals surface area contributed by atoms with Crippen LogP contribution in [0.25, 0.3) is 0 Å². The molecular weight excluding hydrogens is 442 g/mol. The summed E-state index contributed by atoms with van der Waals surface area (Å²) in [6.45, 7) is 5.73. The molecule has 0 aromatic heterocycles. The van der Waals surface area contributed by atoms with Crippen molar-refractivity contribution in [2.75, 3.05) is 30.8 Å². The normalized spacial score (nSPS) is 12.0. The topological polar surface area (TPSA) is 96.0 Å². The third kappa shape index (κ3) is 6.71. The van der Waals surface area contributed by atoms with E-state index in [0.29, 0.717) is 18.7 Å². The average Bonchev–Trinajstić information content (AvgIpc) is 2.77. The van der Waals surface area contributed by atoms with E-state index in [-0.39, 0.29) is 18.1 Å².